The van der Waals surface area contributed by atoms with Gasteiger partial charge in [-0.1, -0.05) is 29.3 Å². The van der Waals surface area contributed by atoms with E-state index in [0.29, 0.717) is 40.0 Å². The average Bonchev–Trinajstić information content (AvgIpc) is 3.11. The molecule has 0 fully saturated rings. The van der Waals surface area contributed by atoms with Crippen LogP contribution in [0.5, 0.6) is 0 Å². The Labute approximate surface area is 218 Å². The minimum Gasteiger partial charge on any atom is -0.359 e. The van der Waals surface area contributed by atoms with Gasteiger partial charge in [-0.2, -0.15) is 24.9 Å². The third-order valence-corrected chi connectivity index (χ3v) is 8.05. The fourth-order valence-corrected chi connectivity index (χ4v) is 5.84. The minimum atomic E-state index is -4.40. The number of alkyl halides is 3. The summed E-state index contributed by atoms with van der Waals surface area (Å²) in [6.07, 6.45) is 1.39. The Morgan fingerprint density at radius 2 is 1.91 bits per heavy atom. The van der Waals surface area contributed by atoms with Gasteiger partial charge < -0.3 is 9.88 Å². The van der Waals surface area contributed by atoms with Gasteiger partial charge in [-0.05, 0) is 85.1 Å². The van der Waals surface area contributed by atoms with Gasteiger partial charge in [0, 0.05) is 46.7 Å². The van der Waals surface area contributed by atoms with Gasteiger partial charge in [0.05, 0.1) is 5.56 Å². The average molecular weight is 545 g/mol. The quantitative estimate of drug-likeness (QED) is 0.201. The first-order valence-electron chi connectivity index (χ1n) is 11.3. The molecule has 190 valence electrons. The Balaban J connectivity index is 1.87. The van der Waals surface area contributed by atoms with E-state index in [4.69, 9.17) is 23.2 Å². The summed E-state index contributed by atoms with van der Waals surface area (Å²) < 4.78 is 41.8. The molecular weight excluding hydrogens is 516 g/mol. The van der Waals surface area contributed by atoms with Gasteiger partial charge in [0.15, 0.2) is 0 Å². The highest BCUT2D eigenvalue weighted by Crippen LogP contribution is 2.36. The first kappa shape index (κ1) is 27.8. The molecule has 0 radical (unpaired) electrons. The molecule has 2 aromatic carbocycles. The lowest BCUT2D eigenvalue weighted by Gasteiger charge is -2.17. The Morgan fingerprint density at radius 3 is 2.57 bits per heavy atom. The molecule has 9 heteroatoms. The van der Waals surface area contributed by atoms with Crippen molar-refractivity contribution >= 4 is 52.3 Å². The number of carbonyl (C=O) groups is 1. The molecule has 0 aliphatic heterocycles. The molecule has 1 amide bonds. The first-order valence-corrected chi connectivity index (χ1v) is 13.5. The molecule has 1 atom stereocenters. The first-order chi connectivity index (χ1) is 16.6. The zero-order valence-corrected chi connectivity index (χ0v) is 22.3. The third kappa shape index (κ3) is 6.69. The van der Waals surface area contributed by atoms with Gasteiger partial charge in [0.25, 0.3) is 0 Å². The fraction of sp³-hybridized carbons (Fsp3) is 0.423. The van der Waals surface area contributed by atoms with Crippen LogP contribution in [0.1, 0.15) is 40.8 Å². The van der Waals surface area contributed by atoms with Crippen LogP contribution in [0.15, 0.2) is 30.3 Å². The summed E-state index contributed by atoms with van der Waals surface area (Å²) in [5, 5.41) is 4.64. The third-order valence-electron chi connectivity index (χ3n) is 6.42. The van der Waals surface area contributed by atoms with Crippen molar-refractivity contribution in [2.45, 2.75) is 38.8 Å². The summed E-state index contributed by atoms with van der Waals surface area (Å²) in [5.41, 5.74) is 3.05. The molecule has 1 N–H and O–H groups in total. The Morgan fingerprint density at radius 1 is 1.17 bits per heavy atom. The number of nitrogens with zero attached hydrogens (tertiary/aromatic N) is 1. The van der Waals surface area contributed by atoms with Crippen molar-refractivity contribution in [1.29, 1.82) is 0 Å². The number of hydrogen-bond donors (Lipinski definition) is 1. The van der Waals surface area contributed by atoms with Crippen molar-refractivity contribution in [3.8, 4) is 0 Å². The van der Waals surface area contributed by atoms with Crippen LogP contribution in [0.25, 0.3) is 10.9 Å². The van der Waals surface area contributed by atoms with E-state index in [-0.39, 0.29) is 0 Å². The molecule has 0 saturated heterocycles. The van der Waals surface area contributed by atoms with E-state index in [0.717, 1.165) is 53.6 Å². The van der Waals surface area contributed by atoms with Crippen molar-refractivity contribution in [3.63, 3.8) is 0 Å². The smallest absolute Gasteiger partial charge is 0.359 e. The van der Waals surface area contributed by atoms with Crippen molar-refractivity contribution in [1.82, 2.24) is 9.88 Å². The second-order valence-corrected chi connectivity index (χ2v) is 10.5. The van der Waals surface area contributed by atoms with E-state index < -0.39 is 11.7 Å². The van der Waals surface area contributed by atoms with Crippen LogP contribution in [-0.4, -0.2) is 29.5 Å². The fourth-order valence-electron chi connectivity index (χ4n) is 4.43. The van der Waals surface area contributed by atoms with E-state index in [2.05, 4.69) is 11.6 Å². The molecule has 3 rings (SSSR count). The maximum absolute atomic E-state index is 13.3. The highest BCUT2D eigenvalue weighted by Gasteiger charge is 2.31. The number of aromatic nitrogens is 1. The van der Waals surface area contributed by atoms with Crippen LogP contribution in [0.2, 0.25) is 10.0 Å². The Hall–Kier alpha value is -1.83. The van der Waals surface area contributed by atoms with E-state index >= 15 is 0 Å². The minimum absolute atomic E-state index is 0.412. The topological polar surface area (TPSA) is 34.0 Å². The molecule has 3 aromatic rings. The van der Waals surface area contributed by atoms with E-state index in [9.17, 15) is 18.0 Å². The molecule has 0 bridgehead atoms. The van der Waals surface area contributed by atoms with Crippen LogP contribution < -0.4 is 5.32 Å². The predicted molar refractivity (Wildman–Crippen MR) is 141 cm³/mol. The number of aryl methyl sites for hydroxylation is 3. The zero-order valence-electron chi connectivity index (χ0n) is 19.9. The summed E-state index contributed by atoms with van der Waals surface area (Å²) in [6, 6.07) is 8.07. The molecule has 0 saturated carbocycles. The number of benzene rings is 2. The second kappa shape index (κ2) is 11.9. The number of halogens is 5. The summed E-state index contributed by atoms with van der Waals surface area (Å²) in [7, 11) is 1.77. The van der Waals surface area contributed by atoms with Gasteiger partial charge in [-0.25, -0.2) is 0 Å². The van der Waals surface area contributed by atoms with Crippen LogP contribution in [0.3, 0.4) is 0 Å². The number of thioether (sulfide) groups is 1. The van der Waals surface area contributed by atoms with Gasteiger partial charge in [0.1, 0.15) is 0 Å². The Bertz CT molecular complexity index is 1190. The largest absolute Gasteiger partial charge is 0.416 e. The van der Waals surface area contributed by atoms with Crippen molar-refractivity contribution in [2.24, 2.45) is 13.0 Å². The molecule has 0 spiro atoms. The van der Waals surface area contributed by atoms with Gasteiger partial charge >= 0.3 is 6.18 Å². The lowest BCUT2D eigenvalue weighted by molar-refractivity contribution is -0.137. The maximum Gasteiger partial charge on any atom is 0.416 e. The van der Waals surface area contributed by atoms with Crippen molar-refractivity contribution in [2.75, 3.05) is 18.6 Å². The number of fused-ring (bicyclic) bond motifs is 1. The predicted octanol–water partition coefficient (Wildman–Crippen LogP) is 7.45. The summed E-state index contributed by atoms with van der Waals surface area (Å²) >= 11 is 15.1. The van der Waals surface area contributed by atoms with E-state index in [1.807, 2.05) is 18.2 Å². The number of amides is 1. The number of hydrogen-bond acceptors (Lipinski definition) is 2. The number of nitrogens with one attached hydrogen (secondary N) is 1. The summed E-state index contributed by atoms with van der Waals surface area (Å²) in [5.74, 6) is 1.44. The van der Waals surface area contributed by atoms with Crippen molar-refractivity contribution in [3.05, 3.63) is 68.3 Å². The van der Waals surface area contributed by atoms with Crippen LogP contribution >= 0.6 is 35.0 Å². The van der Waals surface area contributed by atoms with E-state index in [1.165, 1.54) is 12.1 Å². The number of rotatable bonds is 11. The molecule has 1 heterocycles. The van der Waals surface area contributed by atoms with Gasteiger partial charge in [-0.3, -0.25) is 4.79 Å². The SMILES string of the molecule is CSCC(CCNC=O)CCc1ccc(Cl)c(Cc2cc3c(C)cc(C(F)(F)F)cc3n2C)c1Cl. The van der Waals surface area contributed by atoms with Crippen LogP contribution in [0, 0.1) is 12.8 Å². The van der Waals surface area contributed by atoms with Crippen LogP contribution in [-0.2, 0) is 30.9 Å². The Kier molecular flexibility index (Phi) is 9.47. The highest BCUT2D eigenvalue weighted by molar-refractivity contribution is 7.98. The van der Waals surface area contributed by atoms with Gasteiger partial charge in [-0.15, -0.1) is 0 Å². The highest BCUT2D eigenvalue weighted by atomic mass is 35.5. The monoisotopic (exact) mass is 544 g/mol. The lowest BCUT2D eigenvalue weighted by atomic mass is 9.96. The standard InChI is InChI=1S/C26H29Cl2F3N2OS/c1-16-10-19(26(29,30)31)11-24-21(16)12-20(33(24)2)13-22-23(27)7-6-18(25(22)28)5-4-17(14-35-3)8-9-32-15-34/h6-7,10-12,15,17H,4-5,8-9,13-14H2,1-3H3,(H,32,34). The lowest BCUT2D eigenvalue weighted by Crippen LogP contribution is -2.18. The van der Waals surface area contributed by atoms with Crippen molar-refractivity contribution < 1.29 is 18.0 Å². The van der Waals surface area contributed by atoms with E-state index in [1.54, 1.807) is 30.3 Å². The summed E-state index contributed by atoms with van der Waals surface area (Å²) in [4.78, 5) is 10.5. The molecule has 0 aliphatic carbocycles. The van der Waals surface area contributed by atoms with Crippen LogP contribution in [0.4, 0.5) is 13.2 Å². The summed E-state index contributed by atoms with van der Waals surface area (Å²) in [6.45, 7) is 2.34. The normalized spacial score (nSPS) is 12.8. The number of carbonyl (C=O) groups excluding carboxylic acids is 1. The maximum atomic E-state index is 13.3. The molecule has 1 unspecified atom stereocenters. The molecule has 1 aromatic heterocycles. The van der Waals surface area contributed by atoms with Gasteiger partial charge in [0.2, 0.25) is 6.41 Å². The second-order valence-electron chi connectivity index (χ2n) is 8.81. The molecule has 3 nitrogen and oxygen atoms in total. The molecule has 0 aliphatic rings. The molecular formula is C26H29Cl2F3N2OS. The zero-order chi connectivity index (χ0) is 25.8. The molecule has 35 heavy (non-hydrogen) atoms.